The summed E-state index contributed by atoms with van der Waals surface area (Å²) >= 11 is 0. The van der Waals surface area contributed by atoms with Crippen molar-refractivity contribution in [3.05, 3.63) is 35.4 Å². The molecule has 0 aliphatic rings. The maximum atomic E-state index is 6.46. The molecular formula is C18H31N. The molecule has 1 nitrogen and oxygen atoms in total. The molecule has 0 fully saturated rings. The minimum atomic E-state index is 0.202. The van der Waals surface area contributed by atoms with Gasteiger partial charge in [0.15, 0.2) is 0 Å². The molecule has 2 N–H and O–H groups in total. The molecule has 0 bridgehead atoms. The van der Waals surface area contributed by atoms with Gasteiger partial charge in [-0.3, -0.25) is 0 Å². The van der Waals surface area contributed by atoms with Gasteiger partial charge in [0.2, 0.25) is 0 Å². The molecule has 0 heterocycles. The summed E-state index contributed by atoms with van der Waals surface area (Å²) in [6, 6.07) is 9.18. The summed E-state index contributed by atoms with van der Waals surface area (Å²) in [5.74, 6) is 1.35. The van der Waals surface area contributed by atoms with Gasteiger partial charge in [-0.25, -0.2) is 0 Å². The third-order valence-corrected chi connectivity index (χ3v) is 3.84. The van der Waals surface area contributed by atoms with Crippen molar-refractivity contribution in [3.8, 4) is 0 Å². The second-order valence-electron chi connectivity index (χ2n) is 6.20. The van der Waals surface area contributed by atoms with Gasteiger partial charge in [0.05, 0.1) is 0 Å². The molecular weight excluding hydrogens is 230 g/mol. The lowest BCUT2D eigenvalue weighted by Crippen LogP contribution is -2.21. The first-order valence-electron chi connectivity index (χ1n) is 7.92. The summed E-state index contributed by atoms with van der Waals surface area (Å²) in [4.78, 5) is 0. The highest BCUT2D eigenvalue weighted by Crippen LogP contribution is 2.28. The van der Waals surface area contributed by atoms with Crippen molar-refractivity contribution >= 4 is 0 Å². The van der Waals surface area contributed by atoms with E-state index in [1.54, 1.807) is 0 Å². The maximum Gasteiger partial charge on any atom is 0.0323 e. The summed E-state index contributed by atoms with van der Waals surface area (Å²) in [6.07, 6.45) is 6.09. The highest BCUT2D eigenvalue weighted by molar-refractivity contribution is 5.25. The highest BCUT2D eigenvalue weighted by Gasteiger charge is 2.17. The second-order valence-corrected chi connectivity index (χ2v) is 6.20. The molecule has 0 saturated heterocycles. The number of rotatable bonds is 8. The first kappa shape index (κ1) is 16.2. The number of hydrogen-bond donors (Lipinski definition) is 1. The van der Waals surface area contributed by atoms with Crippen molar-refractivity contribution in [2.45, 2.75) is 65.8 Å². The second kappa shape index (κ2) is 8.37. The summed E-state index contributed by atoms with van der Waals surface area (Å²) in [5, 5.41) is 0. The molecule has 0 amide bonds. The van der Waals surface area contributed by atoms with Crippen molar-refractivity contribution in [3.63, 3.8) is 0 Å². The van der Waals surface area contributed by atoms with Gasteiger partial charge in [0, 0.05) is 6.04 Å². The van der Waals surface area contributed by atoms with Gasteiger partial charge in [0.25, 0.3) is 0 Å². The molecule has 108 valence electrons. The topological polar surface area (TPSA) is 26.0 Å². The maximum absolute atomic E-state index is 6.46. The van der Waals surface area contributed by atoms with Gasteiger partial charge in [-0.15, -0.1) is 0 Å². The molecule has 1 atom stereocenters. The van der Waals surface area contributed by atoms with E-state index in [1.165, 1.54) is 36.8 Å². The molecule has 1 heteroatoms. The Balaban J connectivity index is 2.72. The molecule has 1 rings (SSSR count). The van der Waals surface area contributed by atoms with Crippen molar-refractivity contribution < 1.29 is 0 Å². The monoisotopic (exact) mass is 261 g/mol. The number of hydrogen-bond acceptors (Lipinski definition) is 1. The third kappa shape index (κ3) is 5.36. The first-order valence-corrected chi connectivity index (χ1v) is 7.92. The molecule has 0 radical (unpaired) electrons. The molecule has 0 aliphatic carbocycles. The van der Waals surface area contributed by atoms with Crippen molar-refractivity contribution in [1.29, 1.82) is 0 Å². The van der Waals surface area contributed by atoms with Gasteiger partial charge in [-0.2, -0.15) is 0 Å². The van der Waals surface area contributed by atoms with Gasteiger partial charge >= 0.3 is 0 Å². The molecule has 0 saturated carbocycles. The van der Waals surface area contributed by atoms with Crippen LogP contribution in [0.5, 0.6) is 0 Å². The summed E-state index contributed by atoms with van der Waals surface area (Å²) < 4.78 is 0. The van der Waals surface area contributed by atoms with Crippen molar-refractivity contribution in [2.75, 3.05) is 0 Å². The van der Waals surface area contributed by atoms with Crippen LogP contribution in [0.1, 0.15) is 70.5 Å². The zero-order valence-electron chi connectivity index (χ0n) is 13.2. The van der Waals surface area contributed by atoms with Gasteiger partial charge in [-0.05, 0) is 42.2 Å². The molecule has 0 aliphatic heterocycles. The standard InChI is InChI=1S/C18H31N/c1-5-7-16(8-6-2)18(19)17-11-9-15(10-12-17)13-14(3)4/h9-12,14,16,18H,5-8,13,19H2,1-4H3. The number of nitrogens with two attached hydrogens (primary N) is 1. The highest BCUT2D eigenvalue weighted by atomic mass is 14.6. The summed E-state index contributed by atoms with van der Waals surface area (Å²) in [5.41, 5.74) is 9.19. The van der Waals surface area contributed by atoms with Gasteiger partial charge in [0.1, 0.15) is 0 Å². The van der Waals surface area contributed by atoms with E-state index in [0.717, 1.165) is 6.42 Å². The van der Waals surface area contributed by atoms with E-state index in [1.807, 2.05) is 0 Å². The molecule has 1 aromatic carbocycles. The van der Waals surface area contributed by atoms with Crippen LogP contribution in [-0.2, 0) is 6.42 Å². The van der Waals surface area contributed by atoms with Crippen LogP contribution in [0.2, 0.25) is 0 Å². The van der Waals surface area contributed by atoms with Gasteiger partial charge < -0.3 is 5.73 Å². The lowest BCUT2D eigenvalue weighted by Gasteiger charge is -2.24. The zero-order valence-corrected chi connectivity index (χ0v) is 13.2. The molecule has 1 unspecified atom stereocenters. The fourth-order valence-corrected chi connectivity index (χ4v) is 2.86. The van der Waals surface area contributed by atoms with Crippen LogP contribution in [-0.4, -0.2) is 0 Å². The Labute approximate surface area is 119 Å². The smallest absolute Gasteiger partial charge is 0.0323 e. The van der Waals surface area contributed by atoms with Crippen LogP contribution in [0, 0.1) is 11.8 Å². The summed E-state index contributed by atoms with van der Waals surface area (Å²) in [6.45, 7) is 9.03. The average Bonchev–Trinajstić information content (AvgIpc) is 2.38. The Hall–Kier alpha value is -0.820. The van der Waals surface area contributed by atoms with E-state index in [0.29, 0.717) is 11.8 Å². The van der Waals surface area contributed by atoms with Crippen LogP contribution < -0.4 is 5.73 Å². The normalized spacial score (nSPS) is 13.2. The Morgan fingerprint density at radius 3 is 1.89 bits per heavy atom. The van der Waals surface area contributed by atoms with Crippen LogP contribution in [0.15, 0.2) is 24.3 Å². The van der Waals surface area contributed by atoms with Crippen molar-refractivity contribution in [1.82, 2.24) is 0 Å². The quantitative estimate of drug-likeness (QED) is 0.692. The van der Waals surface area contributed by atoms with E-state index in [-0.39, 0.29) is 6.04 Å². The fraction of sp³-hybridized carbons (Fsp3) is 0.667. The van der Waals surface area contributed by atoms with Crippen LogP contribution >= 0.6 is 0 Å². The minimum absolute atomic E-state index is 0.202. The average molecular weight is 261 g/mol. The van der Waals surface area contributed by atoms with Crippen LogP contribution in [0.25, 0.3) is 0 Å². The Morgan fingerprint density at radius 2 is 1.47 bits per heavy atom. The zero-order chi connectivity index (χ0) is 14.3. The first-order chi connectivity index (χ1) is 9.08. The van der Waals surface area contributed by atoms with E-state index in [4.69, 9.17) is 5.73 Å². The largest absolute Gasteiger partial charge is 0.324 e. The van der Waals surface area contributed by atoms with Crippen LogP contribution in [0.4, 0.5) is 0 Å². The lowest BCUT2D eigenvalue weighted by molar-refractivity contribution is 0.368. The third-order valence-electron chi connectivity index (χ3n) is 3.84. The van der Waals surface area contributed by atoms with Crippen LogP contribution in [0.3, 0.4) is 0 Å². The van der Waals surface area contributed by atoms with E-state index in [2.05, 4.69) is 52.0 Å². The van der Waals surface area contributed by atoms with E-state index in [9.17, 15) is 0 Å². The molecule has 1 aromatic rings. The van der Waals surface area contributed by atoms with Crippen molar-refractivity contribution in [2.24, 2.45) is 17.6 Å². The Kier molecular flexibility index (Phi) is 7.15. The van der Waals surface area contributed by atoms with E-state index < -0.39 is 0 Å². The van der Waals surface area contributed by atoms with Gasteiger partial charge in [-0.1, -0.05) is 64.8 Å². The molecule has 0 aromatic heterocycles. The summed E-state index contributed by atoms with van der Waals surface area (Å²) in [7, 11) is 0. The molecule has 19 heavy (non-hydrogen) atoms. The SMILES string of the molecule is CCCC(CCC)C(N)c1ccc(CC(C)C)cc1. The predicted octanol–water partition coefficient (Wildman–Crippen LogP) is 5.10. The Bertz CT molecular complexity index is 333. The predicted molar refractivity (Wildman–Crippen MR) is 85.2 cm³/mol. The molecule has 0 spiro atoms. The lowest BCUT2D eigenvalue weighted by atomic mass is 9.86. The fourth-order valence-electron chi connectivity index (χ4n) is 2.86. The Morgan fingerprint density at radius 1 is 0.947 bits per heavy atom. The van der Waals surface area contributed by atoms with E-state index >= 15 is 0 Å². The minimum Gasteiger partial charge on any atom is -0.324 e. The number of benzene rings is 1.